The third kappa shape index (κ3) is 5.09. The number of Topliss-reactive ketones (excluding diaryl/α,β-unsaturated/α-hetero) is 1. The molecule has 1 unspecified atom stereocenters. The second-order valence-electron chi connectivity index (χ2n) is 7.43. The molecule has 0 N–H and O–H groups in total. The summed E-state index contributed by atoms with van der Waals surface area (Å²) in [6.07, 6.45) is 0.380. The number of aromatic nitrogens is 3. The lowest BCUT2D eigenvalue weighted by atomic mass is 10.1. The van der Waals surface area contributed by atoms with Crippen LogP contribution in [0.1, 0.15) is 12.5 Å². The van der Waals surface area contributed by atoms with Crippen LogP contribution in [0.15, 0.2) is 84.0 Å². The minimum atomic E-state index is -0.295. The first kappa shape index (κ1) is 22.6. The smallest absolute Gasteiger partial charge is 0.196 e. The van der Waals surface area contributed by atoms with Gasteiger partial charge in [-0.15, -0.1) is 10.2 Å². The molecule has 4 aromatic rings. The Morgan fingerprint density at radius 2 is 1.61 bits per heavy atom. The molecule has 7 heteroatoms. The Bertz CT molecular complexity index is 1220. The standard InChI is InChI=1S/C26H25N3O3S/c1-18(23(30)17-19-9-5-4-6-10-19)33-26-28-27-25(22-11-7-8-12-24(22)32-3)29(26)20-13-15-21(31-2)16-14-20/h4-16,18H,17H2,1-3H3. The van der Waals surface area contributed by atoms with Gasteiger partial charge in [0.1, 0.15) is 17.3 Å². The van der Waals surface area contributed by atoms with Crippen molar-refractivity contribution in [1.29, 1.82) is 0 Å². The van der Waals surface area contributed by atoms with Crippen LogP contribution in [0.5, 0.6) is 11.5 Å². The lowest BCUT2D eigenvalue weighted by Gasteiger charge is -2.15. The lowest BCUT2D eigenvalue weighted by molar-refractivity contribution is -0.117. The number of hydrogen-bond donors (Lipinski definition) is 0. The summed E-state index contributed by atoms with van der Waals surface area (Å²) < 4.78 is 12.8. The first-order chi connectivity index (χ1) is 16.1. The Morgan fingerprint density at radius 3 is 2.30 bits per heavy atom. The molecule has 0 fully saturated rings. The maximum absolute atomic E-state index is 12.9. The summed E-state index contributed by atoms with van der Waals surface area (Å²) in [5.41, 5.74) is 2.69. The molecule has 0 aliphatic heterocycles. The van der Waals surface area contributed by atoms with Crippen molar-refractivity contribution in [2.24, 2.45) is 0 Å². The average Bonchev–Trinajstić information content (AvgIpc) is 3.27. The van der Waals surface area contributed by atoms with E-state index in [1.54, 1.807) is 14.2 Å². The second-order valence-corrected chi connectivity index (χ2v) is 8.74. The molecular weight excluding hydrogens is 434 g/mol. The third-order valence-corrected chi connectivity index (χ3v) is 6.36. The van der Waals surface area contributed by atoms with Crippen LogP contribution in [-0.2, 0) is 11.2 Å². The summed E-state index contributed by atoms with van der Waals surface area (Å²) in [5.74, 6) is 2.23. The SMILES string of the molecule is COc1ccc(-n2c(SC(C)C(=O)Cc3ccccc3)nnc2-c2ccccc2OC)cc1. The number of carbonyl (C=O) groups excluding carboxylic acids is 1. The number of hydrogen-bond acceptors (Lipinski definition) is 6. The minimum absolute atomic E-state index is 0.134. The van der Waals surface area contributed by atoms with Gasteiger partial charge in [0.25, 0.3) is 0 Å². The number of rotatable bonds is 9. The fourth-order valence-corrected chi connectivity index (χ4v) is 4.40. The van der Waals surface area contributed by atoms with E-state index in [9.17, 15) is 4.79 Å². The van der Waals surface area contributed by atoms with Gasteiger partial charge in [0.2, 0.25) is 0 Å². The van der Waals surface area contributed by atoms with Crippen molar-refractivity contribution in [3.05, 3.63) is 84.4 Å². The van der Waals surface area contributed by atoms with Crippen LogP contribution in [-0.4, -0.2) is 40.0 Å². The Hall–Kier alpha value is -3.58. The molecule has 0 saturated heterocycles. The van der Waals surface area contributed by atoms with Crippen molar-refractivity contribution in [2.45, 2.75) is 23.8 Å². The number of carbonyl (C=O) groups is 1. The van der Waals surface area contributed by atoms with Crippen molar-refractivity contribution >= 4 is 17.5 Å². The molecule has 33 heavy (non-hydrogen) atoms. The highest BCUT2D eigenvalue weighted by Crippen LogP contribution is 2.35. The van der Waals surface area contributed by atoms with Crippen LogP contribution in [0.2, 0.25) is 0 Å². The molecule has 4 rings (SSSR count). The highest BCUT2D eigenvalue weighted by atomic mass is 32.2. The number of thioether (sulfide) groups is 1. The Labute approximate surface area is 197 Å². The van der Waals surface area contributed by atoms with Crippen LogP contribution in [0.4, 0.5) is 0 Å². The van der Waals surface area contributed by atoms with Crippen molar-refractivity contribution < 1.29 is 14.3 Å². The maximum atomic E-state index is 12.9. The predicted molar refractivity (Wildman–Crippen MR) is 130 cm³/mol. The van der Waals surface area contributed by atoms with E-state index in [2.05, 4.69) is 10.2 Å². The van der Waals surface area contributed by atoms with Crippen molar-refractivity contribution in [2.75, 3.05) is 14.2 Å². The molecule has 0 radical (unpaired) electrons. The topological polar surface area (TPSA) is 66.2 Å². The van der Waals surface area contributed by atoms with E-state index < -0.39 is 0 Å². The van der Waals surface area contributed by atoms with E-state index in [1.165, 1.54) is 11.8 Å². The molecule has 0 saturated carbocycles. The summed E-state index contributed by atoms with van der Waals surface area (Å²) in [7, 11) is 3.27. The molecule has 0 spiro atoms. The number of methoxy groups -OCH3 is 2. The van der Waals surface area contributed by atoms with Gasteiger partial charge < -0.3 is 9.47 Å². The highest BCUT2D eigenvalue weighted by molar-refractivity contribution is 8.00. The summed E-state index contributed by atoms with van der Waals surface area (Å²) in [6, 6.07) is 25.1. The summed E-state index contributed by atoms with van der Waals surface area (Å²) in [6.45, 7) is 1.91. The van der Waals surface area contributed by atoms with E-state index in [0.29, 0.717) is 23.2 Å². The molecule has 6 nitrogen and oxygen atoms in total. The van der Waals surface area contributed by atoms with Gasteiger partial charge in [-0.3, -0.25) is 9.36 Å². The second kappa shape index (κ2) is 10.4. The molecule has 0 aliphatic rings. The normalized spacial score (nSPS) is 11.7. The quantitative estimate of drug-likeness (QED) is 0.319. The van der Waals surface area contributed by atoms with Gasteiger partial charge in [-0.05, 0) is 48.9 Å². The predicted octanol–water partition coefficient (Wildman–Crippen LogP) is 5.24. The molecule has 168 valence electrons. The fourth-order valence-electron chi connectivity index (χ4n) is 3.48. The zero-order valence-corrected chi connectivity index (χ0v) is 19.6. The summed E-state index contributed by atoms with van der Waals surface area (Å²) in [4.78, 5) is 12.9. The van der Waals surface area contributed by atoms with E-state index in [4.69, 9.17) is 9.47 Å². The van der Waals surface area contributed by atoms with Crippen molar-refractivity contribution in [3.8, 4) is 28.6 Å². The van der Waals surface area contributed by atoms with Gasteiger partial charge in [0.15, 0.2) is 11.0 Å². The monoisotopic (exact) mass is 459 g/mol. The van der Waals surface area contributed by atoms with E-state index in [1.807, 2.05) is 90.4 Å². The minimum Gasteiger partial charge on any atom is -0.497 e. The number of ether oxygens (including phenoxy) is 2. The Morgan fingerprint density at radius 1 is 0.909 bits per heavy atom. The zero-order valence-electron chi connectivity index (χ0n) is 18.8. The van der Waals surface area contributed by atoms with Gasteiger partial charge in [0.05, 0.1) is 30.7 Å². The van der Waals surface area contributed by atoms with Crippen LogP contribution in [0.3, 0.4) is 0 Å². The van der Waals surface area contributed by atoms with Gasteiger partial charge in [0, 0.05) is 6.42 Å². The zero-order chi connectivity index (χ0) is 23.2. The van der Waals surface area contributed by atoms with Gasteiger partial charge in [-0.25, -0.2) is 0 Å². The molecule has 3 aromatic carbocycles. The largest absolute Gasteiger partial charge is 0.497 e. The molecule has 0 amide bonds. The van der Waals surface area contributed by atoms with Crippen LogP contribution >= 0.6 is 11.8 Å². The highest BCUT2D eigenvalue weighted by Gasteiger charge is 2.23. The first-order valence-corrected chi connectivity index (χ1v) is 11.4. The maximum Gasteiger partial charge on any atom is 0.196 e. The van der Waals surface area contributed by atoms with E-state index in [0.717, 1.165) is 22.6 Å². The summed E-state index contributed by atoms with van der Waals surface area (Å²) >= 11 is 1.40. The van der Waals surface area contributed by atoms with Gasteiger partial charge in [-0.2, -0.15) is 0 Å². The third-order valence-electron chi connectivity index (χ3n) is 5.27. The fraction of sp³-hybridized carbons (Fsp3) is 0.192. The Kier molecular flexibility index (Phi) is 7.10. The van der Waals surface area contributed by atoms with Gasteiger partial charge >= 0.3 is 0 Å². The number of nitrogens with zero attached hydrogens (tertiary/aromatic N) is 3. The van der Waals surface area contributed by atoms with Crippen LogP contribution in [0.25, 0.3) is 17.1 Å². The van der Waals surface area contributed by atoms with Crippen LogP contribution < -0.4 is 9.47 Å². The number of para-hydroxylation sites is 1. The van der Waals surface area contributed by atoms with E-state index >= 15 is 0 Å². The molecular formula is C26H25N3O3S. The average molecular weight is 460 g/mol. The lowest BCUT2D eigenvalue weighted by Crippen LogP contribution is -2.16. The molecule has 1 atom stereocenters. The van der Waals surface area contributed by atoms with Crippen molar-refractivity contribution in [3.63, 3.8) is 0 Å². The molecule has 0 bridgehead atoms. The molecule has 1 heterocycles. The number of benzene rings is 3. The first-order valence-electron chi connectivity index (χ1n) is 10.6. The van der Waals surface area contributed by atoms with Gasteiger partial charge in [-0.1, -0.05) is 54.2 Å². The van der Waals surface area contributed by atoms with Crippen LogP contribution in [0, 0.1) is 0 Å². The molecule has 1 aromatic heterocycles. The van der Waals surface area contributed by atoms with Crippen molar-refractivity contribution in [1.82, 2.24) is 14.8 Å². The molecule has 0 aliphatic carbocycles. The Balaban J connectivity index is 1.70. The van der Waals surface area contributed by atoms with E-state index in [-0.39, 0.29) is 11.0 Å². The summed E-state index contributed by atoms with van der Waals surface area (Å²) in [5, 5.41) is 9.27. The number of ketones is 1.